The number of aliphatic hydroxyl groups is 1. The van der Waals surface area contributed by atoms with E-state index >= 15 is 0 Å². The van der Waals surface area contributed by atoms with E-state index < -0.39 is 41.6 Å². The van der Waals surface area contributed by atoms with Crippen LogP contribution in [-0.4, -0.2) is 48.8 Å². The van der Waals surface area contributed by atoms with Gasteiger partial charge in [-0.2, -0.15) is 0 Å². The van der Waals surface area contributed by atoms with Crippen molar-refractivity contribution in [3.05, 3.63) is 82.5 Å². The smallest absolute Gasteiger partial charge is 0.344 e. The predicted octanol–water partition coefficient (Wildman–Crippen LogP) is 8.53. The van der Waals surface area contributed by atoms with Crippen molar-refractivity contribution in [1.82, 2.24) is 0 Å². The number of esters is 2. The van der Waals surface area contributed by atoms with Crippen molar-refractivity contribution in [1.29, 1.82) is 0 Å². The molecule has 3 saturated carbocycles. The summed E-state index contributed by atoms with van der Waals surface area (Å²) in [6.07, 6.45) is 14.6. The van der Waals surface area contributed by atoms with Crippen LogP contribution in [0.3, 0.4) is 0 Å². The molecule has 0 radical (unpaired) electrons. The lowest BCUT2D eigenvalue weighted by atomic mass is 9.43. The van der Waals surface area contributed by atoms with E-state index in [9.17, 15) is 19.5 Å². The van der Waals surface area contributed by atoms with Crippen LogP contribution in [-0.2, 0) is 23.9 Å². The third-order valence-electron chi connectivity index (χ3n) is 12.7. The summed E-state index contributed by atoms with van der Waals surface area (Å²) in [6.45, 7) is 21.8. The zero-order valence-corrected chi connectivity index (χ0v) is 31.9. The van der Waals surface area contributed by atoms with Crippen LogP contribution in [0.25, 0.3) is 6.08 Å². The summed E-state index contributed by atoms with van der Waals surface area (Å²) in [6, 6.07) is 2.05. The van der Waals surface area contributed by atoms with Gasteiger partial charge in [0.25, 0.3) is 0 Å². The van der Waals surface area contributed by atoms with E-state index in [0.29, 0.717) is 18.4 Å². The summed E-state index contributed by atoms with van der Waals surface area (Å²) in [5, 5.41) is 11.8. The quantitative estimate of drug-likeness (QED) is 0.114. The number of carbonyl (C=O) groups excluding carboxylic acids is 3. The number of aliphatic hydroxyl groups excluding tert-OH is 1. The molecule has 1 N–H and O–H groups in total. The van der Waals surface area contributed by atoms with E-state index in [-0.39, 0.29) is 29.0 Å². The van der Waals surface area contributed by atoms with Gasteiger partial charge in [-0.25, -0.2) is 9.59 Å². The Hall–Kier alpha value is -3.71. The number of allylic oxidation sites excluding steroid dienone is 6. The maximum atomic E-state index is 13.6. The summed E-state index contributed by atoms with van der Waals surface area (Å²) < 4.78 is 16.9. The fourth-order valence-corrected chi connectivity index (χ4v) is 9.42. The van der Waals surface area contributed by atoms with Gasteiger partial charge in [-0.1, -0.05) is 69.7 Å². The lowest BCUT2D eigenvalue weighted by molar-refractivity contribution is -0.206. The van der Waals surface area contributed by atoms with E-state index in [0.717, 1.165) is 47.3 Å². The summed E-state index contributed by atoms with van der Waals surface area (Å²) in [4.78, 5) is 39.5. The third-order valence-corrected chi connectivity index (χ3v) is 12.7. The molecule has 1 aromatic rings. The first-order chi connectivity index (χ1) is 23.4. The SMILES string of the molecule is C=C[C@]1(C)C[C@@H](OC(=O)COC(=O)/C=C(C)/C=C/C=C(C)/C=C/c2c(C)cc(OC)c(C)c2C)[C@]2(C)CC[C@H](C)C3(CCC(=O)[C@H]32)[C@@H](C)[C@@H]1O. The van der Waals surface area contributed by atoms with Gasteiger partial charge in [0.2, 0.25) is 0 Å². The highest BCUT2D eigenvalue weighted by Gasteiger charge is 2.68. The molecule has 1 unspecified atom stereocenters. The van der Waals surface area contributed by atoms with Crippen LogP contribution in [0.5, 0.6) is 5.75 Å². The Morgan fingerprint density at radius 2 is 1.76 bits per heavy atom. The molecule has 3 aliphatic carbocycles. The van der Waals surface area contributed by atoms with Crippen molar-refractivity contribution in [3.8, 4) is 5.75 Å². The van der Waals surface area contributed by atoms with E-state index in [1.807, 2.05) is 32.1 Å². The Morgan fingerprint density at radius 3 is 2.42 bits per heavy atom. The van der Waals surface area contributed by atoms with Crippen molar-refractivity contribution in [2.75, 3.05) is 13.7 Å². The number of rotatable bonds is 10. The summed E-state index contributed by atoms with van der Waals surface area (Å²) in [5.74, 6) is -0.422. The minimum atomic E-state index is -0.750. The number of hydrogen-bond donors (Lipinski definition) is 1. The number of ketones is 1. The third kappa shape index (κ3) is 7.35. The Balaban J connectivity index is 1.41. The number of hydrogen-bond acceptors (Lipinski definition) is 7. The minimum absolute atomic E-state index is 0.119. The standard InChI is InChI=1S/C43H58O7/c1-12-41(9)24-36(42(10)20-18-29(5)43(32(8)40(41)47)21-19-34(44)39(42)43)50-38(46)25-49-37(45)22-27(3)15-13-14-26(2)16-17-33-28(4)23-35(48-11)31(7)30(33)6/h12-17,22-23,29,32,36,39-40,47H,1,18-21,24-25H2,2-11H3/b15-13+,17-16+,26-14+,27-22+/t29-,32-,36+,39-,40-,41+,42-,43?/m0/s1. The van der Waals surface area contributed by atoms with E-state index in [1.54, 1.807) is 26.2 Å². The van der Waals surface area contributed by atoms with E-state index in [1.165, 1.54) is 11.6 Å². The average Bonchev–Trinajstić information content (AvgIpc) is 3.44. The van der Waals surface area contributed by atoms with Gasteiger partial charge in [-0.05, 0) is 111 Å². The van der Waals surface area contributed by atoms with Gasteiger partial charge in [0.15, 0.2) is 6.61 Å². The highest BCUT2D eigenvalue weighted by atomic mass is 16.6. The molecule has 0 spiro atoms. The monoisotopic (exact) mass is 686 g/mol. The van der Waals surface area contributed by atoms with Gasteiger partial charge in [-0.3, -0.25) is 4.79 Å². The first kappa shape index (κ1) is 39.1. The number of benzene rings is 1. The highest BCUT2D eigenvalue weighted by molar-refractivity contribution is 5.86. The van der Waals surface area contributed by atoms with E-state index in [2.05, 4.69) is 60.3 Å². The van der Waals surface area contributed by atoms with Crippen molar-refractivity contribution in [2.45, 2.75) is 107 Å². The average molecular weight is 687 g/mol. The zero-order chi connectivity index (χ0) is 37.2. The predicted molar refractivity (Wildman–Crippen MR) is 198 cm³/mol. The first-order valence-corrected chi connectivity index (χ1v) is 18.0. The van der Waals surface area contributed by atoms with Crippen LogP contribution in [0, 0.1) is 54.8 Å². The molecule has 0 saturated heterocycles. The van der Waals surface area contributed by atoms with Gasteiger partial charge in [0, 0.05) is 29.2 Å². The Kier molecular flexibility index (Phi) is 11.9. The lowest BCUT2D eigenvalue weighted by Gasteiger charge is -2.62. The molecular formula is C43H58O7. The Bertz CT molecular complexity index is 1630. The first-order valence-electron chi connectivity index (χ1n) is 18.0. The highest BCUT2D eigenvalue weighted by Crippen LogP contribution is 2.68. The molecule has 272 valence electrons. The summed E-state index contributed by atoms with van der Waals surface area (Å²) in [5.41, 5.74) is 4.59. The molecule has 2 bridgehead atoms. The number of carbonyl (C=O) groups is 3. The number of aryl methyl sites for hydroxylation is 1. The van der Waals surface area contributed by atoms with Gasteiger partial charge in [-0.15, -0.1) is 6.58 Å². The van der Waals surface area contributed by atoms with Gasteiger partial charge < -0.3 is 19.3 Å². The molecule has 0 aromatic heterocycles. The molecule has 7 heteroatoms. The molecule has 0 heterocycles. The molecule has 50 heavy (non-hydrogen) atoms. The minimum Gasteiger partial charge on any atom is -0.496 e. The fourth-order valence-electron chi connectivity index (χ4n) is 9.42. The van der Waals surface area contributed by atoms with Gasteiger partial charge in [0.05, 0.1) is 13.2 Å². The number of ether oxygens (including phenoxy) is 3. The Morgan fingerprint density at radius 1 is 1.06 bits per heavy atom. The molecule has 3 fully saturated rings. The summed E-state index contributed by atoms with van der Waals surface area (Å²) >= 11 is 0. The zero-order valence-electron chi connectivity index (χ0n) is 31.9. The fraction of sp³-hybridized carbons (Fsp3) is 0.558. The van der Waals surface area contributed by atoms with Crippen molar-refractivity contribution < 1.29 is 33.7 Å². The molecular weight excluding hydrogens is 628 g/mol. The molecule has 7 nitrogen and oxygen atoms in total. The van der Waals surface area contributed by atoms with Gasteiger partial charge >= 0.3 is 11.9 Å². The van der Waals surface area contributed by atoms with E-state index in [4.69, 9.17) is 14.2 Å². The second kappa shape index (κ2) is 15.3. The van der Waals surface area contributed by atoms with Crippen molar-refractivity contribution in [3.63, 3.8) is 0 Å². The van der Waals surface area contributed by atoms with Crippen LogP contribution in [0.4, 0.5) is 0 Å². The van der Waals surface area contributed by atoms with Crippen molar-refractivity contribution >= 4 is 23.8 Å². The Labute approximate surface area is 299 Å². The second-order valence-electron chi connectivity index (χ2n) is 15.7. The molecule has 1 aromatic carbocycles. The molecule has 4 rings (SSSR count). The maximum absolute atomic E-state index is 13.6. The van der Waals surface area contributed by atoms with Crippen LogP contribution < -0.4 is 4.74 Å². The summed E-state index contributed by atoms with van der Waals surface area (Å²) in [7, 11) is 1.69. The molecule has 0 aliphatic heterocycles. The van der Waals surface area contributed by atoms with Crippen molar-refractivity contribution in [2.24, 2.45) is 34.0 Å². The van der Waals surface area contributed by atoms with Crippen LogP contribution in [0.1, 0.15) is 95.9 Å². The topological polar surface area (TPSA) is 99.1 Å². The largest absolute Gasteiger partial charge is 0.496 e. The molecule has 8 atom stereocenters. The second-order valence-corrected chi connectivity index (χ2v) is 15.7. The number of Topliss-reactive ketones (excluding diaryl/α,β-unsaturated/α-hetero) is 1. The maximum Gasteiger partial charge on any atom is 0.344 e. The van der Waals surface area contributed by atoms with Crippen LogP contribution >= 0.6 is 0 Å². The van der Waals surface area contributed by atoms with Gasteiger partial charge in [0.1, 0.15) is 17.6 Å². The van der Waals surface area contributed by atoms with Crippen LogP contribution in [0.15, 0.2) is 60.2 Å². The lowest BCUT2D eigenvalue weighted by Crippen LogP contribution is -2.63. The molecule has 0 amide bonds. The normalized spacial score (nSPS) is 33.2. The number of methoxy groups -OCH3 is 1. The molecule has 3 aliphatic rings. The van der Waals surface area contributed by atoms with Crippen LogP contribution in [0.2, 0.25) is 0 Å².